The molecule has 0 fully saturated rings. The second-order valence-corrected chi connectivity index (χ2v) is 26.3. The number of hydrogen-bond acceptors (Lipinski definition) is 0. The molecule has 4 aromatic carbocycles. The molecule has 1 atom stereocenters. The number of hydrogen-bond donors (Lipinski definition) is 0. The molecule has 0 saturated heterocycles. The second kappa shape index (κ2) is 9.25. The van der Waals surface area contributed by atoms with Gasteiger partial charge in [-0.1, -0.05) is 0 Å². The zero-order valence-corrected chi connectivity index (χ0v) is 26.6. The first kappa shape index (κ1) is 24.6. The van der Waals surface area contributed by atoms with Crippen LogP contribution in [0.2, 0.25) is 0 Å². The van der Waals surface area contributed by atoms with Crippen LogP contribution in [0.5, 0.6) is 0 Å². The fourth-order valence-electron chi connectivity index (χ4n) is 6.48. The van der Waals surface area contributed by atoms with Crippen molar-refractivity contribution in [3.63, 3.8) is 0 Å². The van der Waals surface area contributed by atoms with Crippen LogP contribution in [0.3, 0.4) is 0 Å². The van der Waals surface area contributed by atoms with Gasteiger partial charge in [-0.05, 0) is 0 Å². The third-order valence-corrected chi connectivity index (χ3v) is 22.3. The topological polar surface area (TPSA) is 0 Å². The Morgan fingerprint density at radius 1 is 0.833 bits per heavy atom. The Bertz CT molecular complexity index is 1550. The van der Waals surface area contributed by atoms with Gasteiger partial charge >= 0.3 is 230 Å². The molecule has 1 aliphatic heterocycles. The van der Waals surface area contributed by atoms with Crippen LogP contribution in [0.1, 0.15) is 44.8 Å². The molecule has 0 amide bonds. The summed E-state index contributed by atoms with van der Waals surface area (Å²) in [5, 5.41) is 3.01. The molecule has 36 heavy (non-hydrogen) atoms. The van der Waals surface area contributed by atoms with E-state index in [0.29, 0.717) is 0 Å². The van der Waals surface area contributed by atoms with Crippen molar-refractivity contribution in [2.24, 2.45) is 0 Å². The van der Waals surface area contributed by atoms with Crippen LogP contribution in [0.15, 0.2) is 78.4 Å². The number of allylic oxidation sites excluding steroid dienone is 1. The van der Waals surface area contributed by atoms with Gasteiger partial charge in [0.25, 0.3) is 0 Å². The molecule has 180 valence electrons. The summed E-state index contributed by atoms with van der Waals surface area (Å²) in [7, 11) is 14.9. The maximum absolute atomic E-state index is 7.74. The number of aryl methyl sites for hydroxylation is 3. The van der Waals surface area contributed by atoms with E-state index in [2.05, 4.69) is 107 Å². The minimum atomic E-state index is -3.90. The Labute approximate surface area is 228 Å². The number of rotatable bonds is 4. The average Bonchev–Trinajstić information content (AvgIpc) is 3.41. The van der Waals surface area contributed by atoms with E-state index in [9.17, 15) is 0 Å². The zero-order valence-electron chi connectivity index (χ0n) is 21.3. The summed E-state index contributed by atoms with van der Waals surface area (Å²) in [5.74, 6) is 0. The first-order valence-corrected chi connectivity index (χ1v) is 23.2. The molecule has 6 rings (SSSR count). The third kappa shape index (κ3) is 3.88. The molecule has 1 unspecified atom stereocenters. The Morgan fingerprint density at radius 3 is 2.31 bits per heavy atom. The van der Waals surface area contributed by atoms with Crippen molar-refractivity contribution >= 4 is 46.3 Å². The van der Waals surface area contributed by atoms with Crippen LogP contribution in [0, 0.1) is 20.8 Å². The van der Waals surface area contributed by atoms with Gasteiger partial charge in [0.1, 0.15) is 0 Å². The summed E-state index contributed by atoms with van der Waals surface area (Å²) >= 11 is -3.90. The zero-order chi connectivity index (χ0) is 25.2. The van der Waals surface area contributed by atoms with Crippen molar-refractivity contribution in [3.05, 3.63) is 106 Å². The average molecular weight is 605 g/mol. The van der Waals surface area contributed by atoms with Crippen LogP contribution in [-0.4, -0.2) is 9.52 Å². The molecule has 2 aliphatic rings. The van der Waals surface area contributed by atoms with Gasteiger partial charge in [-0.2, -0.15) is 0 Å². The summed E-state index contributed by atoms with van der Waals surface area (Å²) in [5.41, 5.74) is 13.4. The van der Waals surface area contributed by atoms with Crippen LogP contribution in [0.4, 0.5) is 0 Å². The van der Waals surface area contributed by atoms with Gasteiger partial charge in [0.2, 0.25) is 0 Å². The van der Waals surface area contributed by atoms with E-state index in [0.717, 1.165) is 6.42 Å². The molecule has 4 heteroatoms. The van der Waals surface area contributed by atoms with Crippen molar-refractivity contribution in [1.82, 2.24) is 0 Å². The Morgan fingerprint density at radius 2 is 1.56 bits per heavy atom. The van der Waals surface area contributed by atoms with E-state index < -0.39 is 27.4 Å². The first-order chi connectivity index (χ1) is 17.3. The van der Waals surface area contributed by atoms with Crippen molar-refractivity contribution in [3.8, 4) is 22.3 Å². The van der Waals surface area contributed by atoms with Gasteiger partial charge in [0.05, 0.1) is 0 Å². The molecule has 0 saturated carbocycles. The van der Waals surface area contributed by atoms with Crippen LogP contribution < -0.4 is 13.6 Å². The molecule has 0 aromatic heterocycles. The fraction of sp³-hybridized carbons (Fsp3) is 0.188. The Balaban J connectivity index is 1.52. The number of halogens is 2. The standard InChI is InChI=1S/C20H21.C12H9Si.2ClH.Zr/c1-5-16-11-17-7-6-15(4)20(19(17)12-16)18-9-13(2)8-14(3)10-18;1-3-7-11-9(5-1)10-6-2-4-8-12(10)13-11;;;/h6-12H,5H2,1-4H3;1-7H,13H2;2*1H;/q;;;;+2/p-2. The molecule has 4 aromatic rings. The number of benzene rings is 4. The van der Waals surface area contributed by atoms with Gasteiger partial charge in [0.15, 0.2) is 0 Å². The molecule has 1 heterocycles. The van der Waals surface area contributed by atoms with Crippen molar-refractivity contribution in [2.75, 3.05) is 0 Å². The van der Waals surface area contributed by atoms with E-state index in [1.165, 1.54) is 69.3 Å². The van der Waals surface area contributed by atoms with Crippen molar-refractivity contribution in [1.29, 1.82) is 0 Å². The summed E-state index contributed by atoms with van der Waals surface area (Å²) < 4.78 is 1.44. The van der Waals surface area contributed by atoms with E-state index in [1.807, 2.05) is 0 Å². The molecule has 0 N–H and O–H groups in total. The van der Waals surface area contributed by atoms with Crippen molar-refractivity contribution < 1.29 is 17.9 Å². The van der Waals surface area contributed by atoms with Gasteiger partial charge in [-0.15, -0.1) is 0 Å². The number of fused-ring (bicyclic) bond motifs is 4. The molecule has 0 nitrogen and oxygen atoms in total. The third-order valence-electron chi connectivity index (χ3n) is 7.99. The molecular weight excluding hydrogens is 575 g/mol. The molecular formula is C32H30Cl2SiZr. The summed E-state index contributed by atoms with van der Waals surface area (Å²) in [6.45, 7) is 8.85. The van der Waals surface area contributed by atoms with Gasteiger partial charge < -0.3 is 0 Å². The van der Waals surface area contributed by atoms with Crippen LogP contribution in [-0.2, 0) is 17.9 Å². The van der Waals surface area contributed by atoms with Gasteiger partial charge in [-0.3, -0.25) is 0 Å². The van der Waals surface area contributed by atoms with E-state index in [1.54, 1.807) is 0 Å². The van der Waals surface area contributed by atoms with E-state index >= 15 is 0 Å². The predicted molar refractivity (Wildman–Crippen MR) is 158 cm³/mol. The summed E-state index contributed by atoms with van der Waals surface area (Å²) in [6.07, 6.45) is 3.39. The van der Waals surface area contributed by atoms with Gasteiger partial charge in [-0.25, -0.2) is 0 Å². The van der Waals surface area contributed by atoms with Crippen LogP contribution in [0.25, 0.3) is 28.3 Å². The normalized spacial score (nSPS) is 16.6. The molecule has 0 radical (unpaired) electrons. The van der Waals surface area contributed by atoms with E-state index in [4.69, 9.17) is 17.0 Å². The van der Waals surface area contributed by atoms with Crippen LogP contribution >= 0.6 is 17.0 Å². The summed E-state index contributed by atoms with van der Waals surface area (Å²) in [4.78, 5) is 0. The molecule has 0 bridgehead atoms. The maximum atomic E-state index is 7.74. The first-order valence-electron chi connectivity index (χ1n) is 12.8. The Hall–Kier alpha value is -1.70. The van der Waals surface area contributed by atoms with Crippen molar-refractivity contribution in [2.45, 2.75) is 37.7 Å². The van der Waals surface area contributed by atoms with Gasteiger partial charge in [0, 0.05) is 0 Å². The summed E-state index contributed by atoms with van der Waals surface area (Å²) in [6, 6.07) is 27.1. The second-order valence-electron chi connectivity index (χ2n) is 10.4. The SMILES string of the molecule is CCC1=Cc2c(ccc(C)c2-c2cc(C)cc(C)c2)[CH]1[Zr]([Cl])([Cl])[c]1cccc2c1[SiH2]c1ccccc1-2. The Kier molecular flexibility index (Phi) is 6.32. The minimum absolute atomic E-state index is 0.136. The predicted octanol–water partition coefficient (Wildman–Crippen LogP) is 7.01. The fourth-order valence-corrected chi connectivity index (χ4v) is 23.5. The quantitative estimate of drug-likeness (QED) is 0.194. The monoisotopic (exact) mass is 602 g/mol. The molecule has 0 spiro atoms. The van der Waals surface area contributed by atoms with E-state index in [-0.39, 0.29) is 3.63 Å². The molecule has 1 aliphatic carbocycles.